The molecule has 3 aliphatic rings. The lowest BCUT2D eigenvalue weighted by Crippen LogP contribution is -2.44. The van der Waals surface area contributed by atoms with Gasteiger partial charge in [-0.25, -0.2) is 4.79 Å². The van der Waals surface area contributed by atoms with Crippen molar-refractivity contribution in [3.8, 4) is 0 Å². The van der Waals surface area contributed by atoms with E-state index in [1.165, 1.54) is 12.8 Å². The van der Waals surface area contributed by atoms with Crippen LogP contribution in [0, 0.1) is 0 Å². The van der Waals surface area contributed by atoms with Crippen LogP contribution in [0.3, 0.4) is 0 Å². The highest BCUT2D eigenvalue weighted by molar-refractivity contribution is 6.02. The molecule has 0 spiro atoms. The van der Waals surface area contributed by atoms with E-state index in [0.717, 1.165) is 19.5 Å². The maximum absolute atomic E-state index is 11.5. The molecule has 0 aromatic heterocycles. The largest absolute Gasteiger partial charge is 0.324 e. The maximum atomic E-state index is 11.5. The summed E-state index contributed by atoms with van der Waals surface area (Å²) >= 11 is 0. The number of hydrogen-bond donors (Lipinski definition) is 1. The molecule has 3 heterocycles. The molecule has 3 amide bonds. The maximum Gasteiger partial charge on any atom is 0.324 e. The second-order valence-electron chi connectivity index (χ2n) is 4.58. The summed E-state index contributed by atoms with van der Waals surface area (Å²) in [4.78, 5) is 26.8. The van der Waals surface area contributed by atoms with Crippen LogP contribution in [-0.4, -0.2) is 53.5 Å². The second-order valence-corrected chi connectivity index (χ2v) is 4.58. The highest BCUT2D eigenvalue weighted by atomic mass is 16.2. The Morgan fingerprint density at radius 1 is 1.13 bits per heavy atom. The Morgan fingerprint density at radius 2 is 2.00 bits per heavy atom. The zero-order valence-corrected chi connectivity index (χ0v) is 8.61. The van der Waals surface area contributed by atoms with E-state index >= 15 is 0 Å². The van der Waals surface area contributed by atoms with E-state index < -0.39 is 0 Å². The normalized spacial score (nSPS) is 36.1. The summed E-state index contributed by atoms with van der Waals surface area (Å²) in [5.74, 6) is -0.156. The fraction of sp³-hybridized carbons (Fsp3) is 0.800. The molecule has 5 nitrogen and oxygen atoms in total. The van der Waals surface area contributed by atoms with Crippen molar-refractivity contribution in [3.63, 3.8) is 0 Å². The third kappa shape index (κ3) is 1.33. The van der Waals surface area contributed by atoms with E-state index in [1.54, 1.807) is 4.90 Å². The molecule has 2 unspecified atom stereocenters. The average Bonchev–Trinajstić information content (AvgIpc) is 2.80. The van der Waals surface area contributed by atoms with Gasteiger partial charge in [0.1, 0.15) is 6.54 Å². The van der Waals surface area contributed by atoms with Crippen LogP contribution in [0.2, 0.25) is 0 Å². The molecule has 3 saturated heterocycles. The molecule has 82 valence electrons. The minimum atomic E-state index is -0.196. The van der Waals surface area contributed by atoms with E-state index in [4.69, 9.17) is 0 Å². The fourth-order valence-corrected chi connectivity index (χ4v) is 3.14. The minimum absolute atomic E-state index is 0.156. The van der Waals surface area contributed by atoms with Crippen molar-refractivity contribution >= 4 is 11.9 Å². The molecule has 3 fully saturated rings. The van der Waals surface area contributed by atoms with Crippen molar-refractivity contribution in [2.24, 2.45) is 0 Å². The first-order valence-electron chi connectivity index (χ1n) is 5.60. The van der Waals surface area contributed by atoms with Crippen LogP contribution in [0.1, 0.15) is 19.3 Å². The molecule has 1 N–H and O–H groups in total. The first-order chi connectivity index (χ1) is 7.25. The van der Waals surface area contributed by atoms with Gasteiger partial charge in [0.25, 0.3) is 0 Å². The highest BCUT2D eigenvalue weighted by Crippen LogP contribution is 2.31. The Bertz CT molecular complexity index is 318. The molecule has 3 rings (SSSR count). The average molecular weight is 209 g/mol. The number of amides is 3. The summed E-state index contributed by atoms with van der Waals surface area (Å²) < 4.78 is 0. The zero-order chi connectivity index (χ0) is 10.4. The van der Waals surface area contributed by atoms with Crippen LogP contribution in [-0.2, 0) is 4.79 Å². The number of fused-ring (bicyclic) bond motifs is 1. The first kappa shape index (κ1) is 9.15. The van der Waals surface area contributed by atoms with Gasteiger partial charge < -0.3 is 4.90 Å². The number of rotatable bonds is 1. The van der Waals surface area contributed by atoms with Gasteiger partial charge in [-0.1, -0.05) is 0 Å². The van der Waals surface area contributed by atoms with Crippen molar-refractivity contribution in [1.29, 1.82) is 0 Å². The van der Waals surface area contributed by atoms with Crippen LogP contribution >= 0.6 is 0 Å². The number of imide groups is 1. The van der Waals surface area contributed by atoms with Gasteiger partial charge in [0, 0.05) is 12.6 Å². The first-order valence-corrected chi connectivity index (χ1v) is 5.60. The molecule has 0 aromatic carbocycles. The Balaban J connectivity index is 1.77. The molecular weight excluding hydrogens is 194 g/mol. The van der Waals surface area contributed by atoms with Gasteiger partial charge in [-0.15, -0.1) is 0 Å². The Morgan fingerprint density at radius 3 is 2.73 bits per heavy atom. The van der Waals surface area contributed by atoms with Gasteiger partial charge in [0.05, 0.1) is 6.04 Å². The van der Waals surface area contributed by atoms with Crippen molar-refractivity contribution in [2.45, 2.75) is 31.3 Å². The molecule has 0 bridgehead atoms. The molecular formula is C10H15N3O2. The molecule has 15 heavy (non-hydrogen) atoms. The zero-order valence-electron chi connectivity index (χ0n) is 8.61. The summed E-state index contributed by atoms with van der Waals surface area (Å²) in [6.45, 7) is 2.49. The number of nitrogens with zero attached hydrogens (tertiary/aromatic N) is 2. The third-order valence-electron chi connectivity index (χ3n) is 3.79. The van der Waals surface area contributed by atoms with Crippen molar-refractivity contribution in [1.82, 2.24) is 15.1 Å². The SMILES string of the molecule is O=C1CN(C2CCN3CCCC23)C(=O)N1. The van der Waals surface area contributed by atoms with E-state index in [1.807, 2.05) is 0 Å². The minimum Gasteiger partial charge on any atom is -0.311 e. The topological polar surface area (TPSA) is 52.7 Å². The van der Waals surface area contributed by atoms with Crippen molar-refractivity contribution in [2.75, 3.05) is 19.6 Å². The van der Waals surface area contributed by atoms with E-state index in [0.29, 0.717) is 6.04 Å². The predicted octanol–water partition coefficient (Wildman–Crippen LogP) is -0.225. The Labute approximate surface area is 88.4 Å². The third-order valence-corrected chi connectivity index (χ3v) is 3.79. The fourth-order valence-electron chi connectivity index (χ4n) is 3.14. The number of carbonyl (C=O) groups is 2. The van der Waals surface area contributed by atoms with Gasteiger partial charge in [0.15, 0.2) is 0 Å². The summed E-state index contributed by atoms with van der Waals surface area (Å²) in [6.07, 6.45) is 3.42. The lowest BCUT2D eigenvalue weighted by molar-refractivity contribution is -0.118. The molecule has 0 radical (unpaired) electrons. The molecule has 3 aliphatic heterocycles. The molecule has 0 aliphatic carbocycles. The summed E-state index contributed by atoms with van der Waals surface area (Å²) in [6, 6.07) is 0.569. The molecule has 2 atom stereocenters. The smallest absolute Gasteiger partial charge is 0.311 e. The summed E-state index contributed by atoms with van der Waals surface area (Å²) in [7, 11) is 0. The highest BCUT2D eigenvalue weighted by Gasteiger charge is 2.44. The number of carbonyl (C=O) groups excluding carboxylic acids is 2. The van der Waals surface area contributed by atoms with Gasteiger partial charge in [-0.05, 0) is 25.8 Å². The number of nitrogens with one attached hydrogen (secondary N) is 1. The van der Waals surface area contributed by atoms with Gasteiger partial charge in [0.2, 0.25) is 5.91 Å². The molecule has 0 aromatic rings. The van der Waals surface area contributed by atoms with Crippen LogP contribution in [0.15, 0.2) is 0 Å². The van der Waals surface area contributed by atoms with Crippen molar-refractivity contribution in [3.05, 3.63) is 0 Å². The lowest BCUT2D eigenvalue weighted by atomic mass is 10.1. The molecule has 0 saturated carbocycles. The van der Waals surface area contributed by atoms with E-state index in [2.05, 4.69) is 10.2 Å². The second kappa shape index (κ2) is 3.20. The van der Waals surface area contributed by atoms with Crippen LogP contribution < -0.4 is 5.32 Å². The monoisotopic (exact) mass is 209 g/mol. The standard InChI is InChI=1S/C10H15N3O2/c14-9-6-13(10(15)11-9)8-3-5-12-4-1-2-7(8)12/h7-8H,1-6H2,(H,11,14,15). The Hall–Kier alpha value is -1.10. The quantitative estimate of drug-likeness (QED) is 0.607. The van der Waals surface area contributed by atoms with Gasteiger partial charge in [-0.2, -0.15) is 0 Å². The summed E-state index contributed by atoms with van der Waals surface area (Å²) in [5.41, 5.74) is 0. The van der Waals surface area contributed by atoms with Crippen LogP contribution in [0.4, 0.5) is 4.79 Å². The predicted molar refractivity (Wildman–Crippen MR) is 53.2 cm³/mol. The number of hydrogen-bond acceptors (Lipinski definition) is 3. The summed E-state index contributed by atoms with van der Waals surface area (Å²) in [5, 5.41) is 2.35. The van der Waals surface area contributed by atoms with Crippen molar-refractivity contribution < 1.29 is 9.59 Å². The van der Waals surface area contributed by atoms with Gasteiger partial charge in [-0.3, -0.25) is 15.0 Å². The van der Waals surface area contributed by atoms with Crippen LogP contribution in [0.25, 0.3) is 0 Å². The molecule has 5 heteroatoms. The van der Waals surface area contributed by atoms with E-state index in [-0.39, 0.29) is 24.5 Å². The lowest BCUT2D eigenvalue weighted by Gasteiger charge is -2.27. The van der Waals surface area contributed by atoms with Gasteiger partial charge >= 0.3 is 6.03 Å². The Kier molecular flexibility index (Phi) is 1.95. The number of urea groups is 1. The van der Waals surface area contributed by atoms with Crippen LogP contribution in [0.5, 0.6) is 0 Å². The van der Waals surface area contributed by atoms with E-state index in [9.17, 15) is 9.59 Å².